The Balaban J connectivity index is 1.06. The molecule has 0 saturated heterocycles. The highest BCUT2D eigenvalue weighted by Gasteiger charge is 2.29. The second-order valence-electron chi connectivity index (χ2n) is 17.5. The second kappa shape index (κ2) is 15.5. The first-order valence-corrected chi connectivity index (χ1v) is 22.5. The van der Waals surface area contributed by atoms with Crippen molar-refractivity contribution in [3.8, 4) is 11.1 Å². The van der Waals surface area contributed by atoms with Crippen LogP contribution in [0.1, 0.15) is 78.3 Å². The van der Waals surface area contributed by atoms with Crippen LogP contribution in [0.2, 0.25) is 0 Å². The summed E-state index contributed by atoms with van der Waals surface area (Å²) in [6, 6.07) is 61.6. The molecule has 63 heavy (non-hydrogen) atoms. The maximum Gasteiger partial charge on any atom is 0.160 e. The lowest BCUT2D eigenvalue weighted by molar-refractivity contribution is 0.664. The molecule has 0 spiro atoms. The number of para-hydroxylation sites is 1. The van der Waals surface area contributed by atoms with Crippen LogP contribution in [-0.2, 0) is 6.42 Å². The third-order valence-corrected chi connectivity index (χ3v) is 13.7. The fraction of sp³-hybridized carbons (Fsp3) is 0.133. The number of furan rings is 1. The predicted octanol–water partition coefficient (Wildman–Crippen LogP) is 15.9. The number of rotatable bonds is 5. The number of hydrogen-bond donors (Lipinski definition) is 0. The average molecular weight is 811 g/mol. The first-order chi connectivity index (χ1) is 31.1. The van der Waals surface area contributed by atoms with Crippen LogP contribution in [0.3, 0.4) is 0 Å². The number of benzene rings is 8. The predicted molar refractivity (Wildman–Crippen MR) is 265 cm³/mol. The van der Waals surface area contributed by atoms with E-state index in [9.17, 15) is 0 Å². The van der Waals surface area contributed by atoms with Gasteiger partial charge in [-0.15, -0.1) is 0 Å². The molecule has 0 amide bonds. The van der Waals surface area contributed by atoms with Crippen LogP contribution < -0.4 is 0 Å². The lowest BCUT2D eigenvalue weighted by Gasteiger charge is -2.25. The van der Waals surface area contributed by atoms with Gasteiger partial charge in [-0.05, 0) is 130 Å². The van der Waals surface area contributed by atoms with Crippen LogP contribution in [-0.4, -0.2) is 11.5 Å². The topological polar surface area (TPSA) is 37.9 Å². The van der Waals surface area contributed by atoms with Gasteiger partial charge >= 0.3 is 0 Å². The molecule has 8 aromatic carbocycles. The summed E-state index contributed by atoms with van der Waals surface area (Å²) >= 11 is 0. The lowest BCUT2D eigenvalue weighted by atomic mass is 9.80. The van der Waals surface area contributed by atoms with Crippen molar-refractivity contribution in [1.29, 1.82) is 0 Å². The van der Waals surface area contributed by atoms with E-state index in [0.717, 1.165) is 94.1 Å². The fourth-order valence-electron chi connectivity index (χ4n) is 10.5. The Morgan fingerprint density at radius 1 is 0.524 bits per heavy atom. The van der Waals surface area contributed by atoms with Gasteiger partial charge < -0.3 is 4.42 Å². The summed E-state index contributed by atoms with van der Waals surface area (Å²) in [7, 11) is 0. The largest absolute Gasteiger partial charge is 0.455 e. The van der Waals surface area contributed by atoms with E-state index in [1.807, 2.05) is 0 Å². The molecule has 0 bridgehead atoms. The first kappa shape index (κ1) is 37.4. The van der Waals surface area contributed by atoms with Gasteiger partial charge in [0.15, 0.2) is 5.84 Å². The van der Waals surface area contributed by atoms with E-state index in [4.69, 9.17) is 14.4 Å². The van der Waals surface area contributed by atoms with Gasteiger partial charge in [0, 0.05) is 33.4 Å². The molecule has 12 rings (SSSR count). The summed E-state index contributed by atoms with van der Waals surface area (Å²) in [4.78, 5) is 11.3. The van der Waals surface area contributed by atoms with Crippen LogP contribution in [0.4, 0.5) is 0 Å². The number of nitrogens with zero attached hydrogens (tertiary/aromatic N) is 2. The molecule has 3 heteroatoms. The fourth-order valence-corrected chi connectivity index (χ4v) is 10.5. The molecule has 3 nitrogen and oxygen atoms in total. The van der Waals surface area contributed by atoms with Crippen molar-refractivity contribution in [2.75, 3.05) is 0 Å². The molecule has 0 radical (unpaired) electrons. The zero-order valence-corrected chi connectivity index (χ0v) is 35.4. The standard InChI is InChI=1S/C60H46N2O/c1-38-26-33-56(51-24-13-19-41-16-7-8-20-47(41)51)61-60(42-29-27-40(28-30-42)39-14-3-2-4-15-39)62-58(38)55-37-46(36-54-52-23-11-12-25-57(52)63-59(54)55)48-32-31-45-34-43-17-5-6-18-44(43)35-53(45)50-22-10-9-21-49(48)50/h2-8,10-20,22-25,27-30,34-37,48H,9,21,26,31-33H2,1H3/b58-38+,61-56?,62-60?. The molecule has 2 aliphatic carbocycles. The van der Waals surface area contributed by atoms with E-state index < -0.39 is 0 Å². The zero-order valence-electron chi connectivity index (χ0n) is 35.4. The molecule has 1 aliphatic heterocycles. The van der Waals surface area contributed by atoms with Crippen LogP contribution in [0.25, 0.3) is 65.9 Å². The number of aliphatic imine (C=N–C) groups is 2. The van der Waals surface area contributed by atoms with Crippen LogP contribution >= 0.6 is 0 Å². The Bertz CT molecular complexity index is 3440. The minimum absolute atomic E-state index is 0.247. The molecular formula is C60H46N2O. The van der Waals surface area contributed by atoms with Crippen LogP contribution in [0, 0.1) is 0 Å². The van der Waals surface area contributed by atoms with E-state index in [-0.39, 0.29) is 5.92 Å². The van der Waals surface area contributed by atoms with E-state index in [1.54, 1.807) is 5.57 Å². The summed E-state index contributed by atoms with van der Waals surface area (Å²) in [6.45, 7) is 2.27. The third-order valence-electron chi connectivity index (χ3n) is 13.7. The van der Waals surface area contributed by atoms with Gasteiger partial charge in [-0.3, -0.25) is 0 Å². The van der Waals surface area contributed by atoms with Gasteiger partial charge in [0.05, 0.1) is 11.4 Å². The molecule has 302 valence electrons. The van der Waals surface area contributed by atoms with E-state index in [2.05, 4.69) is 189 Å². The first-order valence-electron chi connectivity index (χ1n) is 22.5. The van der Waals surface area contributed by atoms with Crippen LogP contribution in [0.5, 0.6) is 0 Å². The van der Waals surface area contributed by atoms with Crippen molar-refractivity contribution in [2.24, 2.45) is 9.98 Å². The highest BCUT2D eigenvalue weighted by Crippen LogP contribution is 2.47. The highest BCUT2D eigenvalue weighted by atomic mass is 16.3. The van der Waals surface area contributed by atoms with Crippen molar-refractivity contribution < 1.29 is 4.42 Å². The molecule has 0 fully saturated rings. The zero-order chi connectivity index (χ0) is 41.9. The second-order valence-corrected chi connectivity index (χ2v) is 17.5. The number of aryl methyl sites for hydroxylation is 1. The van der Waals surface area contributed by atoms with Crippen molar-refractivity contribution >= 4 is 66.3 Å². The monoisotopic (exact) mass is 810 g/mol. The number of hydrogen-bond acceptors (Lipinski definition) is 3. The summed E-state index contributed by atoms with van der Waals surface area (Å²) in [5.41, 5.74) is 17.6. The van der Waals surface area contributed by atoms with E-state index in [1.165, 1.54) is 54.9 Å². The Kier molecular flexibility index (Phi) is 9.22. The quantitative estimate of drug-likeness (QED) is 0.171. The van der Waals surface area contributed by atoms with Gasteiger partial charge in [0.25, 0.3) is 0 Å². The Morgan fingerprint density at radius 3 is 2.10 bits per heavy atom. The minimum Gasteiger partial charge on any atom is -0.455 e. The Labute approximate surface area is 368 Å². The van der Waals surface area contributed by atoms with E-state index >= 15 is 0 Å². The van der Waals surface area contributed by atoms with Crippen molar-refractivity contribution in [3.05, 3.63) is 227 Å². The van der Waals surface area contributed by atoms with E-state index in [0.29, 0.717) is 5.84 Å². The molecule has 1 atom stereocenters. The van der Waals surface area contributed by atoms with Crippen molar-refractivity contribution in [1.82, 2.24) is 0 Å². The minimum atomic E-state index is 0.247. The molecule has 0 N–H and O–H groups in total. The van der Waals surface area contributed by atoms with Crippen molar-refractivity contribution in [3.63, 3.8) is 0 Å². The third kappa shape index (κ3) is 6.67. The van der Waals surface area contributed by atoms with Crippen molar-refractivity contribution in [2.45, 2.75) is 51.4 Å². The van der Waals surface area contributed by atoms with Gasteiger partial charge in [-0.2, -0.15) is 0 Å². The number of amidine groups is 1. The highest BCUT2D eigenvalue weighted by molar-refractivity contribution is 6.19. The molecule has 0 saturated carbocycles. The number of fused-ring (bicyclic) bond motifs is 7. The maximum atomic E-state index is 6.91. The molecule has 1 unspecified atom stereocenters. The summed E-state index contributed by atoms with van der Waals surface area (Å²) in [5.74, 6) is 0.956. The molecule has 9 aromatic rings. The van der Waals surface area contributed by atoms with Gasteiger partial charge in [-0.25, -0.2) is 9.98 Å². The summed E-state index contributed by atoms with van der Waals surface area (Å²) in [6.07, 6.45) is 10.5. The molecule has 3 aliphatic rings. The van der Waals surface area contributed by atoms with Crippen LogP contribution in [0.15, 0.2) is 208 Å². The SMILES string of the molecule is C/C1=C(/c2cc(C3CCc4cc5ccccc5cc4C4=C3CCC=C4)cc3c2oc2ccccc23)N=C(c2ccc(-c3ccccc3)cc2)N=C(c2cccc3ccccc23)CC1. The summed E-state index contributed by atoms with van der Waals surface area (Å²) < 4.78 is 6.91. The smallest absolute Gasteiger partial charge is 0.160 e. The Morgan fingerprint density at radius 2 is 1.24 bits per heavy atom. The lowest BCUT2D eigenvalue weighted by Crippen LogP contribution is -2.11. The van der Waals surface area contributed by atoms with Gasteiger partial charge in [0.2, 0.25) is 0 Å². The molecule has 2 heterocycles. The van der Waals surface area contributed by atoms with Gasteiger partial charge in [-0.1, -0.05) is 163 Å². The summed E-state index contributed by atoms with van der Waals surface area (Å²) in [5, 5.41) is 7.32. The Hall–Kier alpha value is -7.36. The van der Waals surface area contributed by atoms with Gasteiger partial charge in [0.1, 0.15) is 11.2 Å². The molecular weight excluding hydrogens is 765 g/mol. The normalized spacial score (nSPS) is 17.9. The molecule has 1 aromatic heterocycles. The average Bonchev–Trinajstić information content (AvgIpc) is 3.64. The maximum absolute atomic E-state index is 6.91. The number of allylic oxidation sites excluding steroid dienone is 5.